The number of rotatable bonds is 1. The van der Waals surface area contributed by atoms with Gasteiger partial charge in [0.05, 0.1) is 25.0 Å². The number of hydrazine groups is 2. The first-order valence-corrected chi connectivity index (χ1v) is 6.68. The molecule has 0 spiro atoms. The molecule has 7 nitrogen and oxygen atoms in total. The van der Waals surface area contributed by atoms with Crippen LogP contribution < -0.4 is 5.43 Å². The number of hydrogen-bond donors (Lipinski definition) is 1. The van der Waals surface area contributed by atoms with Gasteiger partial charge in [-0.15, -0.1) is 0 Å². The van der Waals surface area contributed by atoms with Gasteiger partial charge in [0, 0.05) is 37.8 Å². The van der Waals surface area contributed by atoms with Crippen molar-refractivity contribution in [1.82, 2.24) is 24.9 Å². The molecule has 8 heteroatoms. The lowest BCUT2D eigenvalue weighted by molar-refractivity contribution is -0.161. The Morgan fingerprint density at radius 2 is 2.26 bits per heavy atom. The molecule has 0 amide bonds. The van der Waals surface area contributed by atoms with Crippen LogP contribution in [0.4, 0.5) is 0 Å². The van der Waals surface area contributed by atoms with Gasteiger partial charge in [-0.05, 0) is 0 Å². The van der Waals surface area contributed by atoms with E-state index in [4.69, 9.17) is 21.3 Å². The molecule has 4 heterocycles. The SMILES string of the molecule is CN1NC=C2C1=CN(Cl)CN2N1CC2COC(C1)O2. The molecule has 2 bridgehead atoms. The van der Waals surface area contributed by atoms with E-state index in [9.17, 15) is 0 Å². The summed E-state index contributed by atoms with van der Waals surface area (Å²) in [6.45, 7) is 2.86. The molecule has 104 valence electrons. The van der Waals surface area contributed by atoms with Crippen LogP contribution in [0.15, 0.2) is 23.8 Å². The Balaban J connectivity index is 1.60. The number of ether oxygens (including phenoxy) is 2. The molecule has 4 aliphatic rings. The molecule has 0 aromatic rings. The summed E-state index contributed by atoms with van der Waals surface area (Å²) in [6.07, 6.45) is 3.96. The normalized spacial score (nSPS) is 34.1. The lowest BCUT2D eigenvalue weighted by Crippen LogP contribution is -2.55. The Morgan fingerprint density at radius 1 is 1.37 bits per heavy atom. The Hall–Kier alpha value is -1.15. The number of likely N-dealkylation sites (N-methyl/N-ethyl adjacent to an activating group) is 1. The van der Waals surface area contributed by atoms with Crippen LogP contribution in [0, 0.1) is 0 Å². The third-order valence-electron chi connectivity index (χ3n) is 3.76. The standard InChI is InChI=1S/C11H16ClN5O2/c1-14-10-4-15(12)7-17(9(10)2-13-14)16-3-8-6-18-11(5-16)19-8/h2,4,8,11,13H,3,5-7H2,1H3. The maximum Gasteiger partial charge on any atom is 0.172 e. The number of nitrogens with zero attached hydrogens (tertiary/aromatic N) is 4. The van der Waals surface area contributed by atoms with Gasteiger partial charge in [0.15, 0.2) is 6.29 Å². The molecular weight excluding hydrogens is 270 g/mol. The van der Waals surface area contributed by atoms with E-state index in [0.717, 1.165) is 24.5 Å². The number of morpholine rings is 1. The first kappa shape index (κ1) is 11.7. The predicted molar refractivity (Wildman–Crippen MR) is 67.6 cm³/mol. The molecule has 0 aromatic heterocycles. The maximum absolute atomic E-state index is 6.20. The van der Waals surface area contributed by atoms with E-state index in [0.29, 0.717) is 13.3 Å². The van der Waals surface area contributed by atoms with Gasteiger partial charge in [0.2, 0.25) is 0 Å². The fourth-order valence-electron chi connectivity index (χ4n) is 2.83. The molecule has 2 unspecified atom stereocenters. The summed E-state index contributed by atoms with van der Waals surface area (Å²) in [7, 11) is 1.97. The van der Waals surface area contributed by atoms with E-state index in [1.165, 1.54) is 0 Å². The number of fused-ring (bicyclic) bond motifs is 3. The zero-order valence-corrected chi connectivity index (χ0v) is 11.4. The van der Waals surface area contributed by atoms with Crippen molar-refractivity contribution in [2.75, 3.05) is 33.4 Å². The molecule has 2 atom stereocenters. The lowest BCUT2D eigenvalue weighted by atomic mass is 10.3. The highest BCUT2D eigenvalue weighted by molar-refractivity contribution is 6.14. The predicted octanol–water partition coefficient (Wildman–Crippen LogP) is -0.180. The Labute approximate surface area is 116 Å². The van der Waals surface area contributed by atoms with Gasteiger partial charge in [-0.2, -0.15) is 0 Å². The molecular formula is C11H16ClN5O2. The summed E-state index contributed by atoms with van der Waals surface area (Å²) < 4.78 is 12.9. The minimum Gasteiger partial charge on any atom is -0.348 e. The van der Waals surface area contributed by atoms with E-state index < -0.39 is 0 Å². The van der Waals surface area contributed by atoms with Gasteiger partial charge in [0.1, 0.15) is 12.4 Å². The number of nitrogens with one attached hydrogen (secondary N) is 1. The molecule has 4 rings (SSSR count). The first-order chi connectivity index (χ1) is 9.20. The largest absolute Gasteiger partial charge is 0.348 e. The quantitative estimate of drug-likeness (QED) is 0.671. The van der Waals surface area contributed by atoms with Crippen LogP contribution in [0.25, 0.3) is 0 Å². The monoisotopic (exact) mass is 285 g/mol. The molecule has 0 radical (unpaired) electrons. The second kappa shape index (κ2) is 4.17. The molecule has 0 aliphatic carbocycles. The van der Waals surface area contributed by atoms with E-state index >= 15 is 0 Å². The first-order valence-electron chi connectivity index (χ1n) is 6.35. The molecule has 0 aromatic carbocycles. The van der Waals surface area contributed by atoms with Gasteiger partial charge in [-0.3, -0.25) is 14.4 Å². The lowest BCUT2D eigenvalue weighted by Gasteiger charge is -2.44. The van der Waals surface area contributed by atoms with Crippen LogP contribution in [0.2, 0.25) is 0 Å². The van der Waals surface area contributed by atoms with Crippen molar-refractivity contribution in [2.24, 2.45) is 0 Å². The van der Waals surface area contributed by atoms with Crippen molar-refractivity contribution < 1.29 is 9.47 Å². The summed E-state index contributed by atoms with van der Waals surface area (Å²) in [4.78, 5) is 0. The van der Waals surface area contributed by atoms with Crippen LogP contribution in [0.5, 0.6) is 0 Å². The van der Waals surface area contributed by atoms with Crippen molar-refractivity contribution in [2.45, 2.75) is 12.4 Å². The van der Waals surface area contributed by atoms with Gasteiger partial charge in [-0.25, -0.2) is 5.01 Å². The van der Waals surface area contributed by atoms with Gasteiger partial charge < -0.3 is 14.9 Å². The molecule has 19 heavy (non-hydrogen) atoms. The van der Waals surface area contributed by atoms with Crippen LogP contribution in [0.3, 0.4) is 0 Å². The number of hydrogen-bond acceptors (Lipinski definition) is 7. The third-order valence-corrected chi connectivity index (χ3v) is 3.96. The highest BCUT2D eigenvalue weighted by Crippen LogP contribution is 2.31. The summed E-state index contributed by atoms with van der Waals surface area (Å²) in [5.74, 6) is 0. The smallest absolute Gasteiger partial charge is 0.172 e. The topological polar surface area (TPSA) is 43.5 Å². The molecule has 2 fully saturated rings. The Kier molecular flexibility index (Phi) is 2.56. The molecule has 0 saturated carbocycles. The molecule has 4 aliphatic heterocycles. The van der Waals surface area contributed by atoms with E-state index in [-0.39, 0.29) is 12.4 Å². The molecule has 1 N–H and O–H groups in total. The average molecular weight is 286 g/mol. The van der Waals surface area contributed by atoms with Crippen LogP contribution in [-0.4, -0.2) is 65.3 Å². The van der Waals surface area contributed by atoms with Gasteiger partial charge in [0.25, 0.3) is 0 Å². The van der Waals surface area contributed by atoms with Crippen LogP contribution >= 0.6 is 11.8 Å². The minimum atomic E-state index is -0.121. The second-order valence-corrected chi connectivity index (χ2v) is 5.50. The fourth-order valence-corrected chi connectivity index (χ4v) is 3.02. The van der Waals surface area contributed by atoms with Crippen LogP contribution in [-0.2, 0) is 9.47 Å². The summed E-state index contributed by atoms with van der Waals surface area (Å²) >= 11 is 6.20. The molecule has 2 saturated heterocycles. The summed E-state index contributed by atoms with van der Waals surface area (Å²) in [6, 6.07) is 0. The van der Waals surface area contributed by atoms with Crippen molar-refractivity contribution in [3.8, 4) is 0 Å². The highest BCUT2D eigenvalue weighted by atomic mass is 35.5. The average Bonchev–Trinajstić information content (AvgIpc) is 2.92. The fraction of sp³-hybridized carbons (Fsp3) is 0.636. The number of halogens is 1. The van der Waals surface area contributed by atoms with E-state index in [1.54, 1.807) is 4.42 Å². The minimum absolute atomic E-state index is 0.121. The zero-order valence-electron chi connectivity index (χ0n) is 10.6. The Bertz CT molecular complexity index is 444. The maximum atomic E-state index is 6.20. The van der Waals surface area contributed by atoms with Crippen molar-refractivity contribution in [1.29, 1.82) is 0 Å². The summed E-state index contributed by atoms with van der Waals surface area (Å²) in [5.41, 5.74) is 5.36. The van der Waals surface area contributed by atoms with Crippen LogP contribution in [0.1, 0.15) is 0 Å². The van der Waals surface area contributed by atoms with Gasteiger partial charge >= 0.3 is 0 Å². The summed E-state index contributed by atoms with van der Waals surface area (Å²) in [5, 5.41) is 6.37. The van der Waals surface area contributed by atoms with E-state index in [2.05, 4.69) is 15.4 Å². The van der Waals surface area contributed by atoms with E-state index in [1.807, 2.05) is 24.5 Å². The van der Waals surface area contributed by atoms with Gasteiger partial charge in [-0.1, -0.05) is 0 Å². The van der Waals surface area contributed by atoms with Crippen molar-refractivity contribution in [3.05, 3.63) is 23.8 Å². The Morgan fingerprint density at radius 3 is 3.11 bits per heavy atom. The highest BCUT2D eigenvalue weighted by Gasteiger charge is 2.40. The second-order valence-electron chi connectivity index (χ2n) is 5.07. The zero-order chi connectivity index (χ0) is 13.0. The van der Waals surface area contributed by atoms with Crippen molar-refractivity contribution >= 4 is 11.8 Å². The third kappa shape index (κ3) is 1.85. The van der Waals surface area contributed by atoms with Crippen molar-refractivity contribution in [3.63, 3.8) is 0 Å².